The lowest BCUT2D eigenvalue weighted by molar-refractivity contribution is 0.0950. The quantitative estimate of drug-likeness (QED) is 0.219. The molecule has 0 aliphatic carbocycles. The van der Waals surface area contributed by atoms with Crippen LogP contribution in [-0.2, 0) is 0 Å². The largest absolute Gasteiger partial charge is 0.340 e. The minimum Gasteiger partial charge on any atom is -0.340 e. The molecule has 0 aliphatic heterocycles. The Morgan fingerprint density at radius 2 is 1.34 bits per heavy atom. The molecule has 5 rings (SSSR count). The Kier molecular flexibility index (Phi) is 6.73. The minimum atomic E-state index is -0.447. The molecule has 0 bridgehead atoms. The highest BCUT2D eigenvalue weighted by Gasteiger charge is 2.29. The average Bonchev–Trinajstić information content (AvgIpc) is 3.41. The van der Waals surface area contributed by atoms with Crippen molar-refractivity contribution in [3.05, 3.63) is 144 Å². The number of Topliss-reactive ketones (excluding diaryl/α,β-unsaturated/α-hetero) is 1. The molecule has 172 valence electrons. The summed E-state index contributed by atoms with van der Waals surface area (Å²) >= 11 is 6.17. The van der Waals surface area contributed by atoms with Gasteiger partial charge in [0, 0.05) is 41.0 Å². The van der Waals surface area contributed by atoms with Gasteiger partial charge < -0.3 is 4.90 Å². The molecule has 0 fully saturated rings. The molecule has 1 heterocycles. The van der Waals surface area contributed by atoms with Gasteiger partial charge >= 0.3 is 0 Å². The van der Waals surface area contributed by atoms with Gasteiger partial charge in [-0.2, -0.15) is 0 Å². The number of benzene rings is 4. The van der Waals surface area contributed by atoms with Crippen molar-refractivity contribution < 1.29 is 4.79 Å². The molecule has 5 aromatic rings. The monoisotopic (exact) mass is 477 g/mol. The van der Waals surface area contributed by atoms with E-state index in [-0.39, 0.29) is 5.78 Å². The van der Waals surface area contributed by atoms with Gasteiger partial charge in [-0.3, -0.25) is 9.36 Å². The summed E-state index contributed by atoms with van der Waals surface area (Å²) in [6.07, 6.45) is 3.51. The zero-order valence-corrected chi connectivity index (χ0v) is 19.8. The number of para-hydroxylation sites is 2. The van der Waals surface area contributed by atoms with E-state index in [9.17, 15) is 4.79 Å². The standard InChI is InChI=1S/C30H24ClN3O/c31-24-16-18-27(19-17-24)34(26-14-8-3-9-15-26)22-28(23-10-4-1-5-11-23)29(35)30-32-20-21-33(30)25-12-6-2-7-13-25/h1-21,28H,22H2/t28-/m0/s1. The maximum absolute atomic E-state index is 14.1. The molecule has 4 nitrogen and oxygen atoms in total. The highest BCUT2D eigenvalue weighted by molar-refractivity contribution is 6.30. The van der Waals surface area contributed by atoms with Gasteiger partial charge in [0.05, 0.1) is 5.92 Å². The number of carbonyl (C=O) groups excluding carboxylic acids is 1. The Bertz CT molecular complexity index is 1380. The molecular formula is C30H24ClN3O. The third kappa shape index (κ3) is 5.03. The molecule has 0 N–H and O–H groups in total. The van der Waals surface area contributed by atoms with E-state index < -0.39 is 5.92 Å². The fraction of sp³-hybridized carbons (Fsp3) is 0.0667. The van der Waals surface area contributed by atoms with E-state index >= 15 is 0 Å². The van der Waals surface area contributed by atoms with Gasteiger partial charge in [-0.1, -0.05) is 78.3 Å². The molecular weight excluding hydrogens is 454 g/mol. The van der Waals surface area contributed by atoms with Crippen LogP contribution in [0.15, 0.2) is 128 Å². The summed E-state index contributed by atoms with van der Waals surface area (Å²) in [5, 5.41) is 0.669. The van der Waals surface area contributed by atoms with E-state index in [4.69, 9.17) is 11.6 Å². The second-order valence-corrected chi connectivity index (χ2v) is 8.64. The van der Waals surface area contributed by atoms with Crippen molar-refractivity contribution in [2.45, 2.75) is 5.92 Å². The van der Waals surface area contributed by atoms with Gasteiger partial charge in [-0.15, -0.1) is 0 Å². The molecule has 0 spiro atoms. The number of imidazole rings is 1. The molecule has 1 aromatic heterocycles. The van der Waals surface area contributed by atoms with Gasteiger partial charge in [-0.05, 0) is 54.1 Å². The zero-order valence-electron chi connectivity index (χ0n) is 19.0. The maximum Gasteiger partial charge on any atom is 0.207 e. The molecule has 0 radical (unpaired) electrons. The van der Waals surface area contributed by atoms with Crippen LogP contribution in [0.25, 0.3) is 5.69 Å². The van der Waals surface area contributed by atoms with Gasteiger partial charge in [0.25, 0.3) is 0 Å². The second-order valence-electron chi connectivity index (χ2n) is 8.21. The molecule has 35 heavy (non-hydrogen) atoms. The summed E-state index contributed by atoms with van der Waals surface area (Å²) in [5.41, 5.74) is 3.79. The Balaban J connectivity index is 1.58. The van der Waals surface area contributed by atoms with E-state index in [1.54, 1.807) is 6.20 Å². The van der Waals surface area contributed by atoms with Gasteiger partial charge in [0.15, 0.2) is 5.82 Å². The highest BCUT2D eigenvalue weighted by Crippen LogP contribution is 2.32. The van der Waals surface area contributed by atoms with E-state index in [0.717, 1.165) is 22.6 Å². The lowest BCUT2D eigenvalue weighted by Gasteiger charge is -2.29. The Morgan fingerprint density at radius 1 is 0.771 bits per heavy atom. The number of anilines is 2. The minimum absolute atomic E-state index is 0.0417. The SMILES string of the molecule is O=C(c1nccn1-c1ccccc1)[C@@H](CN(c1ccccc1)c1ccc(Cl)cc1)c1ccccc1. The first kappa shape index (κ1) is 22.6. The first-order valence-electron chi connectivity index (χ1n) is 11.5. The molecule has 0 amide bonds. The van der Waals surface area contributed by atoms with Crippen LogP contribution in [-0.4, -0.2) is 21.9 Å². The molecule has 4 aromatic carbocycles. The van der Waals surface area contributed by atoms with Crippen molar-refractivity contribution >= 4 is 28.8 Å². The van der Waals surface area contributed by atoms with Crippen LogP contribution >= 0.6 is 11.6 Å². The predicted molar refractivity (Wildman–Crippen MR) is 142 cm³/mol. The zero-order chi connectivity index (χ0) is 24.0. The fourth-order valence-electron chi connectivity index (χ4n) is 4.24. The summed E-state index contributed by atoms with van der Waals surface area (Å²) in [6.45, 7) is 0.441. The number of rotatable bonds is 8. The molecule has 0 aliphatic rings. The molecule has 0 saturated heterocycles. The first-order valence-corrected chi connectivity index (χ1v) is 11.8. The van der Waals surface area contributed by atoms with E-state index in [1.807, 2.05) is 126 Å². The number of hydrogen-bond acceptors (Lipinski definition) is 3. The summed E-state index contributed by atoms with van der Waals surface area (Å²) in [6, 6.07) is 37.5. The van der Waals surface area contributed by atoms with Crippen molar-refractivity contribution in [1.82, 2.24) is 9.55 Å². The Labute approximate surface area is 210 Å². The third-order valence-corrected chi connectivity index (χ3v) is 6.24. The molecule has 0 unspecified atom stereocenters. The summed E-state index contributed by atoms with van der Waals surface area (Å²) < 4.78 is 1.85. The fourth-order valence-corrected chi connectivity index (χ4v) is 4.36. The van der Waals surface area contributed by atoms with Crippen molar-refractivity contribution in [3.8, 4) is 5.69 Å². The maximum atomic E-state index is 14.1. The van der Waals surface area contributed by atoms with E-state index in [2.05, 4.69) is 9.88 Å². The summed E-state index contributed by atoms with van der Waals surface area (Å²) in [4.78, 5) is 20.8. The van der Waals surface area contributed by atoms with Crippen LogP contribution in [0.3, 0.4) is 0 Å². The molecule has 1 atom stereocenters. The predicted octanol–water partition coefficient (Wildman–Crippen LogP) is 7.33. The lowest BCUT2D eigenvalue weighted by Crippen LogP contribution is -2.30. The number of aromatic nitrogens is 2. The Hall–Kier alpha value is -4.15. The van der Waals surface area contributed by atoms with Gasteiger partial charge in [0.1, 0.15) is 0 Å². The lowest BCUT2D eigenvalue weighted by atomic mass is 9.92. The Morgan fingerprint density at radius 3 is 2.00 bits per heavy atom. The van der Waals surface area contributed by atoms with E-state index in [1.165, 1.54) is 0 Å². The number of ketones is 1. The van der Waals surface area contributed by atoms with Crippen molar-refractivity contribution in [2.75, 3.05) is 11.4 Å². The van der Waals surface area contributed by atoms with Crippen LogP contribution in [0.1, 0.15) is 22.1 Å². The summed E-state index contributed by atoms with van der Waals surface area (Å²) in [7, 11) is 0. The highest BCUT2D eigenvalue weighted by atomic mass is 35.5. The molecule has 0 saturated carbocycles. The van der Waals surface area contributed by atoms with Crippen molar-refractivity contribution in [2.24, 2.45) is 0 Å². The number of hydrogen-bond donors (Lipinski definition) is 0. The van der Waals surface area contributed by atoms with Crippen LogP contribution < -0.4 is 4.90 Å². The smallest absolute Gasteiger partial charge is 0.207 e. The van der Waals surface area contributed by atoms with E-state index in [0.29, 0.717) is 17.4 Å². The van der Waals surface area contributed by atoms with Crippen LogP contribution in [0.2, 0.25) is 5.02 Å². The number of carbonyl (C=O) groups is 1. The second kappa shape index (κ2) is 10.4. The third-order valence-electron chi connectivity index (χ3n) is 5.99. The summed E-state index contributed by atoms with van der Waals surface area (Å²) in [5.74, 6) is -0.0777. The van der Waals surface area contributed by atoms with Crippen molar-refractivity contribution in [3.63, 3.8) is 0 Å². The van der Waals surface area contributed by atoms with Gasteiger partial charge in [0.2, 0.25) is 5.78 Å². The number of halogens is 1. The van der Waals surface area contributed by atoms with Crippen molar-refractivity contribution in [1.29, 1.82) is 0 Å². The topological polar surface area (TPSA) is 38.1 Å². The average molecular weight is 478 g/mol. The number of nitrogens with zero attached hydrogens (tertiary/aromatic N) is 3. The van der Waals surface area contributed by atoms with Crippen LogP contribution in [0.5, 0.6) is 0 Å². The normalized spacial score (nSPS) is 11.7. The van der Waals surface area contributed by atoms with Gasteiger partial charge in [-0.25, -0.2) is 4.98 Å². The van der Waals surface area contributed by atoms with Crippen LogP contribution in [0, 0.1) is 0 Å². The molecule has 5 heteroatoms. The first-order chi connectivity index (χ1) is 17.2. The van der Waals surface area contributed by atoms with Crippen LogP contribution in [0.4, 0.5) is 11.4 Å².